The molecule has 11 rings (SSSR count). The number of benzene rings is 9. The van der Waals surface area contributed by atoms with Crippen LogP contribution in [0.2, 0.25) is 0 Å². The van der Waals surface area contributed by atoms with Gasteiger partial charge in [0.25, 0.3) is 0 Å². The minimum atomic E-state index is -4.89. The Labute approximate surface area is 415 Å². The Morgan fingerprint density at radius 3 is 1.34 bits per heavy atom. The normalized spacial score (nSPS) is 11.7. The van der Waals surface area contributed by atoms with Gasteiger partial charge in [0.1, 0.15) is 0 Å². The summed E-state index contributed by atoms with van der Waals surface area (Å²) >= 11 is 0. The molecule has 0 N–H and O–H groups in total. The molecule has 0 radical (unpaired) electrons. The molecule has 11 aromatic rings. The van der Waals surface area contributed by atoms with Crippen LogP contribution in [0.15, 0.2) is 212 Å². The zero-order valence-electron chi connectivity index (χ0n) is 38.2. The minimum Gasteiger partial charge on any atom is -0.308 e. The van der Waals surface area contributed by atoms with Crippen LogP contribution in [0.1, 0.15) is 16.7 Å². The highest BCUT2D eigenvalue weighted by molar-refractivity contribution is 6.13. The molecule has 0 aliphatic carbocycles. The summed E-state index contributed by atoms with van der Waals surface area (Å²) in [7, 11) is 0. The SMILES string of the molecule is [C-]#[N+]c1ccc(-c2ccc3c(c2)c2cc(-c4ccc(C#N)cc4)ccc2n3-c2c(-c3ccccc3C(F)(F)F)cc(-c3cc(-c4ccccc4)nc(-c4ccccc4)n3)cc2-c2ccccc2C(F)(F)F)cc1. The second-order valence-corrected chi connectivity index (χ2v) is 17.3. The van der Waals surface area contributed by atoms with Crippen molar-refractivity contribution < 1.29 is 26.3 Å². The van der Waals surface area contributed by atoms with Crippen molar-refractivity contribution in [3.05, 3.63) is 240 Å². The van der Waals surface area contributed by atoms with E-state index in [1.54, 1.807) is 47.0 Å². The maximum atomic E-state index is 15.6. The molecular weight excluding hydrogens is 929 g/mol. The van der Waals surface area contributed by atoms with Crippen LogP contribution in [-0.4, -0.2) is 14.5 Å². The first-order valence-corrected chi connectivity index (χ1v) is 22.9. The van der Waals surface area contributed by atoms with E-state index in [1.807, 2.05) is 121 Å². The van der Waals surface area contributed by atoms with Gasteiger partial charge in [-0.2, -0.15) is 31.6 Å². The molecule has 0 aliphatic rings. The van der Waals surface area contributed by atoms with Crippen LogP contribution in [0.25, 0.3) is 111 Å². The number of alkyl halides is 6. The number of hydrogen-bond acceptors (Lipinski definition) is 3. The first kappa shape index (κ1) is 45.8. The van der Waals surface area contributed by atoms with Crippen molar-refractivity contribution in [2.24, 2.45) is 0 Å². The Kier molecular flexibility index (Phi) is 11.5. The molecule has 11 heteroatoms. The topological polar surface area (TPSA) is 58.9 Å². The summed E-state index contributed by atoms with van der Waals surface area (Å²) in [5, 5.41) is 10.9. The number of nitriles is 1. The van der Waals surface area contributed by atoms with E-state index in [0.29, 0.717) is 50.1 Å². The molecule has 0 fully saturated rings. The lowest BCUT2D eigenvalue weighted by atomic mass is 9.88. The van der Waals surface area contributed by atoms with Gasteiger partial charge in [0.15, 0.2) is 11.5 Å². The number of rotatable bonds is 8. The van der Waals surface area contributed by atoms with Crippen LogP contribution >= 0.6 is 0 Å². The van der Waals surface area contributed by atoms with Crippen LogP contribution in [0.3, 0.4) is 0 Å². The fourth-order valence-electron chi connectivity index (χ4n) is 9.52. The van der Waals surface area contributed by atoms with E-state index < -0.39 is 23.5 Å². The van der Waals surface area contributed by atoms with Gasteiger partial charge in [0, 0.05) is 38.6 Å². The van der Waals surface area contributed by atoms with E-state index in [0.717, 1.165) is 39.9 Å². The van der Waals surface area contributed by atoms with Crippen molar-refractivity contribution in [1.82, 2.24) is 14.5 Å². The summed E-state index contributed by atoms with van der Waals surface area (Å²) < 4.78 is 95.1. The van der Waals surface area contributed by atoms with Crippen molar-refractivity contribution in [3.63, 3.8) is 0 Å². The molecule has 73 heavy (non-hydrogen) atoms. The van der Waals surface area contributed by atoms with E-state index in [1.165, 1.54) is 36.4 Å². The maximum Gasteiger partial charge on any atom is 0.417 e. The predicted molar refractivity (Wildman–Crippen MR) is 275 cm³/mol. The monoisotopic (exact) mass is 963 g/mol. The molecule has 0 bridgehead atoms. The summed E-state index contributed by atoms with van der Waals surface area (Å²) in [6.45, 7) is 7.50. The van der Waals surface area contributed by atoms with E-state index in [2.05, 4.69) is 10.9 Å². The molecule has 0 atom stereocenters. The van der Waals surface area contributed by atoms with Gasteiger partial charge < -0.3 is 4.57 Å². The largest absolute Gasteiger partial charge is 0.417 e. The highest BCUT2D eigenvalue weighted by Gasteiger charge is 2.37. The average Bonchev–Trinajstić information content (AvgIpc) is 3.75. The summed E-state index contributed by atoms with van der Waals surface area (Å²) in [5.41, 5.74) is 4.91. The standard InChI is InChI=1S/C62H35F6N5/c1-70-46-28-24-40(25-29-46)44-27-31-58-50(33-44)49-32-43(39-22-20-38(37-69)21-23-39)26-30-57(49)73(58)59-51(47-16-8-10-18-53(47)61(63,64)65)34-45(35-52(59)48-17-9-11-19-54(48)62(66,67)68)56-36-55(41-12-4-2-5-13-41)71-60(72-56)42-14-6-3-7-15-42/h2-36H. The highest BCUT2D eigenvalue weighted by Crippen LogP contribution is 2.50. The summed E-state index contributed by atoms with van der Waals surface area (Å²) in [6, 6.07) is 61.0. The Balaban J connectivity index is 1.30. The van der Waals surface area contributed by atoms with Gasteiger partial charge in [-0.05, 0) is 100 Å². The van der Waals surface area contributed by atoms with E-state index in [-0.39, 0.29) is 39.2 Å². The van der Waals surface area contributed by atoms with Gasteiger partial charge in [0.05, 0.1) is 57.4 Å². The molecule has 5 nitrogen and oxygen atoms in total. The van der Waals surface area contributed by atoms with Crippen molar-refractivity contribution in [3.8, 4) is 90.2 Å². The fourth-order valence-corrected chi connectivity index (χ4v) is 9.52. The average molecular weight is 964 g/mol. The quantitative estimate of drug-likeness (QED) is 0.113. The van der Waals surface area contributed by atoms with Crippen LogP contribution in [-0.2, 0) is 12.4 Å². The number of nitrogens with zero attached hydrogens (tertiary/aromatic N) is 5. The molecule has 2 aromatic heterocycles. The van der Waals surface area contributed by atoms with Gasteiger partial charge in [-0.3, -0.25) is 0 Å². The van der Waals surface area contributed by atoms with Gasteiger partial charge >= 0.3 is 12.4 Å². The van der Waals surface area contributed by atoms with Crippen molar-refractivity contribution in [2.45, 2.75) is 12.4 Å². The van der Waals surface area contributed by atoms with Crippen molar-refractivity contribution in [2.75, 3.05) is 0 Å². The number of halogens is 6. The molecule has 0 spiro atoms. The zero-order valence-corrected chi connectivity index (χ0v) is 38.2. The smallest absolute Gasteiger partial charge is 0.308 e. The fraction of sp³-hybridized carbons (Fsp3) is 0.0323. The van der Waals surface area contributed by atoms with Gasteiger partial charge in [-0.25, -0.2) is 14.8 Å². The summed E-state index contributed by atoms with van der Waals surface area (Å²) in [6.07, 6.45) is -9.78. The Morgan fingerprint density at radius 1 is 0.425 bits per heavy atom. The second kappa shape index (κ2) is 18.3. The summed E-state index contributed by atoms with van der Waals surface area (Å²) in [5.74, 6) is 0.301. The van der Waals surface area contributed by atoms with E-state index in [9.17, 15) is 5.26 Å². The third-order valence-corrected chi connectivity index (χ3v) is 12.9. The number of aromatic nitrogens is 3. The maximum absolute atomic E-state index is 15.6. The van der Waals surface area contributed by atoms with Gasteiger partial charge in [0.2, 0.25) is 0 Å². The Morgan fingerprint density at radius 2 is 0.863 bits per heavy atom. The lowest BCUT2D eigenvalue weighted by Gasteiger charge is -2.24. The predicted octanol–water partition coefficient (Wildman–Crippen LogP) is 17.7. The Hall–Kier alpha value is -9.58. The number of fused-ring (bicyclic) bond motifs is 3. The van der Waals surface area contributed by atoms with Crippen LogP contribution in [0.4, 0.5) is 32.0 Å². The molecule has 0 saturated heterocycles. The minimum absolute atomic E-state index is 0.00712. The third-order valence-electron chi connectivity index (χ3n) is 12.9. The Bertz CT molecular complexity index is 3750. The molecule has 2 heterocycles. The molecule has 0 aliphatic heterocycles. The zero-order chi connectivity index (χ0) is 50.4. The van der Waals surface area contributed by atoms with Crippen molar-refractivity contribution >= 4 is 27.5 Å². The first-order valence-electron chi connectivity index (χ1n) is 22.9. The molecule has 350 valence electrons. The van der Waals surface area contributed by atoms with Gasteiger partial charge in [-0.1, -0.05) is 146 Å². The lowest BCUT2D eigenvalue weighted by molar-refractivity contribution is -0.137. The van der Waals surface area contributed by atoms with Crippen molar-refractivity contribution in [1.29, 1.82) is 5.26 Å². The van der Waals surface area contributed by atoms with E-state index in [4.69, 9.17) is 16.5 Å². The molecule has 0 saturated carbocycles. The van der Waals surface area contributed by atoms with Crippen LogP contribution in [0.5, 0.6) is 0 Å². The molecule has 0 amide bonds. The first-order chi connectivity index (χ1) is 35.4. The number of hydrogen-bond donors (Lipinski definition) is 0. The van der Waals surface area contributed by atoms with Gasteiger partial charge in [-0.15, -0.1) is 0 Å². The molecular formula is C62H35F6N5. The highest BCUT2D eigenvalue weighted by atomic mass is 19.4. The van der Waals surface area contributed by atoms with E-state index >= 15 is 26.3 Å². The molecule has 9 aromatic carbocycles. The third kappa shape index (κ3) is 8.64. The van der Waals surface area contributed by atoms with Crippen LogP contribution in [0, 0.1) is 17.9 Å². The summed E-state index contributed by atoms with van der Waals surface area (Å²) in [4.78, 5) is 13.5. The lowest BCUT2D eigenvalue weighted by Crippen LogP contribution is -2.11. The second-order valence-electron chi connectivity index (χ2n) is 17.3. The van der Waals surface area contributed by atoms with Crippen LogP contribution < -0.4 is 0 Å². The molecule has 0 unspecified atom stereocenters.